The van der Waals surface area contributed by atoms with Crippen molar-refractivity contribution in [1.82, 2.24) is 0 Å². The number of hydrogen-bond donors (Lipinski definition) is 0. The molecule has 0 amide bonds. The highest BCUT2D eigenvalue weighted by molar-refractivity contribution is 14.1. The average molecular weight is 332 g/mol. The lowest BCUT2D eigenvalue weighted by atomic mass is 10.1. The molecule has 0 saturated heterocycles. The van der Waals surface area contributed by atoms with E-state index in [-0.39, 0.29) is 0 Å². The van der Waals surface area contributed by atoms with Crippen LogP contribution in [0.3, 0.4) is 0 Å². The maximum atomic E-state index is 8.98. The quantitative estimate of drug-likeness (QED) is 0.588. The molecule has 0 unspecified atom stereocenters. The average Bonchev–Trinajstić information content (AvgIpc) is 2.25. The van der Waals surface area contributed by atoms with Crippen LogP contribution in [0, 0.1) is 14.9 Å². The van der Waals surface area contributed by atoms with Gasteiger partial charge in [-0.15, -0.1) is 0 Å². The molecule has 0 heterocycles. The third-order valence-corrected chi connectivity index (χ3v) is 3.38. The number of nitriles is 1. The highest BCUT2D eigenvalue weighted by Crippen LogP contribution is 2.28. The van der Waals surface area contributed by atoms with Gasteiger partial charge < -0.3 is 0 Å². The minimum Gasteiger partial charge on any atom is -0.193 e. The second-order valence-corrected chi connectivity index (χ2v) is 4.67. The predicted octanol–water partition coefficient (Wildman–Crippen LogP) is 4.56. The minimum atomic E-state index is 0.587. The summed E-state index contributed by atoms with van der Waals surface area (Å²) in [7, 11) is 0. The number of nitrogens with zero attached hydrogens (tertiary/aromatic N) is 1. The van der Waals surface area contributed by atoms with Crippen LogP contribution in [0.2, 0.25) is 0 Å². The Morgan fingerprint density at radius 1 is 1.47 bits per heavy atom. The summed E-state index contributed by atoms with van der Waals surface area (Å²) in [5, 5.41) is 9.57. The van der Waals surface area contributed by atoms with Gasteiger partial charge in [0.15, 0.2) is 0 Å². The summed E-state index contributed by atoms with van der Waals surface area (Å²) in [6, 6.07) is 9.99. The van der Waals surface area contributed by atoms with Crippen LogP contribution in [0.1, 0.15) is 25.3 Å². The lowest BCUT2D eigenvalue weighted by molar-refractivity contribution is 0.933. The number of halogens is 2. The van der Waals surface area contributed by atoms with Crippen molar-refractivity contribution < 1.29 is 0 Å². The van der Waals surface area contributed by atoms with Gasteiger partial charge in [0.05, 0.1) is 11.1 Å². The monoisotopic (exact) mass is 331 g/mol. The zero-order valence-corrected chi connectivity index (χ0v) is 11.3. The molecular formula is C12H11ClIN. The van der Waals surface area contributed by atoms with Gasteiger partial charge in [-0.3, -0.25) is 0 Å². The fourth-order valence-electron chi connectivity index (χ4n) is 1.27. The van der Waals surface area contributed by atoms with E-state index in [1.807, 2.05) is 31.2 Å². The molecule has 0 aliphatic heterocycles. The zero-order chi connectivity index (χ0) is 11.3. The van der Waals surface area contributed by atoms with Crippen molar-refractivity contribution in [2.75, 3.05) is 0 Å². The van der Waals surface area contributed by atoms with E-state index in [1.54, 1.807) is 0 Å². The minimum absolute atomic E-state index is 0.587. The molecule has 0 fully saturated rings. The fourth-order valence-corrected chi connectivity index (χ4v) is 2.38. The van der Waals surface area contributed by atoms with Gasteiger partial charge in [-0.1, -0.05) is 43.1 Å². The molecule has 78 valence electrons. The van der Waals surface area contributed by atoms with E-state index in [0.717, 1.165) is 22.0 Å². The topological polar surface area (TPSA) is 23.8 Å². The molecule has 0 radical (unpaired) electrons. The predicted molar refractivity (Wildman–Crippen MR) is 72.5 cm³/mol. The molecule has 1 aromatic rings. The normalized spacial score (nSPS) is 11.9. The van der Waals surface area contributed by atoms with Gasteiger partial charge in [0, 0.05) is 14.7 Å². The van der Waals surface area contributed by atoms with Crippen molar-refractivity contribution in [2.45, 2.75) is 19.8 Å². The maximum absolute atomic E-state index is 8.98. The van der Waals surface area contributed by atoms with Gasteiger partial charge >= 0.3 is 0 Å². The molecular weight excluding hydrogens is 320 g/mol. The number of benzene rings is 1. The summed E-state index contributed by atoms with van der Waals surface area (Å²) < 4.78 is 1.07. The summed E-state index contributed by atoms with van der Waals surface area (Å²) in [5.74, 6) is 0. The van der Waals surface area contributed by atoms with Gasteiger partial charge in [-0.2, -0.15) is 5.26 Å². The molecule has 0 aliphatic rings. The summed E-state index contributed by atoms with van der Waals surface area (Å²) >= 11 is 8.43. The first-order valence-corrected chi connectivity index (χ1v) is 6.20. The lowest BCUT2D eigenvalue weighted by Crippen LogP contribution is -1.88. The first kappa shape index (κ1) is 12.5. The maximum Gasteiger partial charge on any atom is 0.0962 e. The van der Waals surface area contributed by atoms with E-state index in [1.165, 1.54) is 0 Å². The second kappa shape index (κ2) is 6.14. The smallest absolute Gasteiger partial charge is 0.0962 e. The third-order valence-electron chi connectivity index (χ3n) is 2.01. The molecule has 0 atom stereocenters. The molecule has 15 heavy (non-hydrogen) atoms. The molecule has 3 heteroatoms. The molecule has 0 saturated carbocycles. The van der Waals surface area contributed by atoms with Crippen LogP contribution >= 0.6 is 34.2 Å². The molecule has 0 aromatic heterocycles. The first-order valence-electron chi connectivity index (χ1n) is 4.74. The highest BCUT2D eigenvalue weighted by atomic mass is 127. The number of allylic oxidation sites excluding steroid dienone is 1. The molecule has 0 aliphatic carbocycles. The highest BCUT2D eigenvalue weighted by Gasteiger charge is 2.08. The molecule has 1 rings (SSSR count). The third kappa shape index (κ3) is 3.22. The molecule has 0 spiro atoms. The lowest BCUT2D eigenvalue weighted by Gasteiger charge is -2.05. The molecule has 0 N–H and O–H groups in total. The summed E-state index contributed by atoms with van der Waals surface area (Å²) in [5.41, 5.74) is 1.62. The van der Waals surface area contributed by atoms with Crippen LogP contribution in [0.25, 0.3) is 5.03 Å². The zero-order valence-electron chi connectivity index (χ0n) is 8.43. The van der Waals surface area contributed by atoms with Crippen molar-refractivity contribution in [3.05, 3.63) is 39.0 Å². The van der Waals surface area contributed by atoms with Gasteiger partial charge in [0.2, 0.25) is 0 Å². The van der Waals surface area contributed by atoms with Crippen molar-refractivity contribution in [3.8, 4) is 6.07 Å². The van der Waals surface area contributed by atoms with E-state index in [4.69, 9.17) is 16.9 Å². The fraction of sp³-hybridized carbons (Fsp3) is 0.250. The Bertz CT molecular complexity index is 418. The summed E-state index contributed by atoms with van der Waals surface area (Å²) in [4.78, 5) is 0. The molecule has 1 nitrogen and oxygen atoms in total. The van der Waals surface area contributed by atoms with Gasteiger partial charge in [-0.05, 0) is 35.1 Å². The molecule has 1 aromatic carbocycles. The number of rotatable bonds is 3. The Morgan fingerprint density at radius 3 is 2.67 bits per heavy atom. The summed E-state index contributed by atoms with van der Waals surface area (Å²) in [6.45, 7) is 2.04. The van der Waals surface area contributed by atoms with Crippen LogP contribution in [0.4, 0.5) is 0 Å². The Morgan fingerprint density at radius 2 is 2.13 bits per heavy atom. The van der Waals surface area contributed by atoms with E-state index in [0.29, 0.717) is 10.6 Å². The van der Waals surface area contributed by atoms with E-state index >= 15 is 0 Å². The van der Waals surface area contributed by atoms with Gasteiger partial charge in [0.1, 0.15) is 0 Å². The SMILES string of the molecule is CCCC(C#N)=C(Cl)c1ccccc1I. The van der Waals surface area contributed by atoms with Gasteiger partial charge in [-0.25, -0.2) is 0 Å². The van der Waals surface area contributed by atoms with E-state index in [9.17, 15) is 0 Å². The molecule has 0 bridgehead atoms. The Hall–Kier alpha value is -0.530. The van der Waals surface area contributed by atoms with Crippen LogP contribution in [0.5, 0.6) is 0 Å². The van der Waals surface area contributed by atoms with Crippen LogP contribution in [-0.4, -0.2) is 0 Å². The van der Waals surface area contributed by atoms with E-state index < -0.39 is 0 Å². The Labute approximate surface area is 109 Å². The summed E-state index contributed by atoms with van der Waals surface area (Å²) in [6.07, 6.45) is 1.67. The first-order chi connectivity index (χ1) is 7.20. The van der Waals surface area contributed by atoms with Crippen molar-refractivity contribution >= 4 is 39.2 Å². The van der Waals surface area contributed by atoms with Crippen molar-refractivity contribution in [2.24, 2.45) is 0 Å². The number of hydrogen-bond acceptors (Lipinski definition) is 1. The van der Waals surface area contributed by atoms with Crippen LogP contribution in [-0.2, 0) is 0 Å². The largest absolute Gasteiger partial charge is 0.193 e. The standard InChI is InChI=1S/C12H11ClIN/c1-2-5-9(8-15)12(13)10-6-3-4-7-11(10)14/h3-4,6-7H,2,5H2,1H3. The van der Waals surface area contributed by atoms with E-state index in [2.05, 4.69) is 28.7 Å². The Balaban J connectivity index is 3.18. The van der Waals surface area contributed by atoms with Crippen molar-refractivity contribution in [3.63, 3.8) is 0 Å². The van der Waals surface area contributed by atoms with Crippen LogP contribution in [0.15, 0.2) is 29.8 Å². The van der Waals surface area contributed by atoms with Crippen molar-refractivity contribution in [1.29, 1.82) is 5.26 Å². The van der Waals surface area contributed by atoms with Crippen LogP contribution < -0.4 is 0 Å². The second-order valence-electron chi connectivity index (χ2n) is 3.13. The van der Waals surface area contributed by atoms with Gasteiger partial charge in [0.25, 0.3) is 0 Å². The Kier molecular flexibility index (Phi) is 5.13.